The molecule has 1 aromatic carbocycles. The van der Waals surface area contributed by atoms with E-state index in [1.807, 2.05) is 12.1 Å². The number of hydrogen-bond donors (Lipinski definition) is 1. The Morgan fingerprint density at radius 3 is 2.76 bits per heavy atom. The van der Waals surface area contributed by atoms with Gasteiger partial charge in [0.15, 0.2) is 0 Å². The van der Waals surface area contributed by atoms with E-state index in [-0.39, 0.29) is 6.42 Å². The lowest BCUT2D eigenvalue weighted by Gasteiger charge is -2.05. The van der Waals surface area contributed by atoms with Crippen LogP contribution in [0.1, 0.15) is 12.0 Å². The molecule has 1 heterocycles. The number of carboxylic acid groups (broad SMARTS) is 1. The quantitative estimate of drug-likeness (QED) is 0.867. The second-order valence-corrected chi connectivity index (χ2v) is 4.46. The standard InChI is InChI=1S/C12H9Cl2NO2/c13-9-3-1-7-5-8(2-4-11(16)17)12(14)15-10(7)6-9/h1,3,5-6H,2,4H2,(H,16,17). The van der Waals surface area contributed by atoms with Crippen molar-refractivity contribution < 1.29 is 9.90 Å². The zero-order valence-corrected chi connectivity index (χ0v) is 10.3. The molecular weight excluding hydrogens is 261 g/mol. The number of pyridine rings is 1. The van der Waals surface area contributed by atoms with E-state index < -0.39 is 5.97 Å². The van der Waals surface area contributed by atoms with Gasteiger partial charge in [-0.3, -0.25) is 4.79 Å². The van der Waals surface area contributed by atoms with Crippen LogP contribution in [0.4, 0.5) is 0 Å². The topological polar surface area (TPSA) is 50.2 Å². The molecule has 0 fully saturated rings. The van der Waals surface area contributed by atoms with Crippen molar-refractivity contribution in [2.75, 3.05) is 0 Å². The molecule has 2 rings (SSSR count). The third-order valence-corrected chi connectivity index (χ3v) is 2.98. The number of halogens is 2. The van der Waals surface area contributed by atoms with E-state index in [1.54, 1.807) is 12.1 Å². The average molecular weight is 270 g/mol. The fourth-order valence-electron chi connectivity index (χ4n) is 1.58. The molecule has 0 aliphatic carbocycles. The molecule has 88 valence electrons. The molecule has 0 aliphatic heterocycles. The fraction of sp³-hybridized carbons (Fsp3) is 0.167. The molecule has 0 atom stereocenters. The maximum absolute atomic E-state index is 10.5. The first kappa shape index (κ1) is 12.1. The van der Waals surface area contributed by atoms with E-state index in [0.29, 0.717) is 22.1 Å². The zero-order chi connectivity index (χ0) is 12.4. The van der Waals surface area contributed by atoms with Crippen molar-refractivity contribution in [3.63, 3.8) is 0 Å². The van der Waals surface area contributed by atoms with Crippen LogP contribution in [-0.2, 0) is 11.2 Å². The molecule has 2 aromatic rings. The third kappa shape index (κ3) is 2.87. The summed E-state index contributed by atoms with van der Waals surface area (Å²) in [5, 5.41) is 10.5. The Balaban J connectivity index is 2.41. The number of aromatic nitrogens is 1. The second-order valence-electron chi connectivity index (χ2n) is 3.67. The molecular formula is C12H9Cl2NO2. The summed E-state index contributed by atoms with van der Waals surface area (Å²) >= 11 is 11.8. The Hall–Kier alpha value is -1.32. The van der Waals surface area contributed by atoms with Crippen LogP contribution in [-0.4, -0.2) is 16.1 Å². The maximum Gasteiger partial charge on any atom is 0.303 e. The number of aryl methyl sites for hydroxylation is 1. The molecule has 1 aromatic heterocycles. The van der Waals surface area contributed by atoms with Gasteiger partial charge in [0.1, 0.15) is 5.15 Å². The monoisotopic (exact) mass is 269 g/mol. The normalized spacial score (nSPS) is 10.7. The van der Waals surface area contributed by atoms with E-state index in [4.69, 9.17) is 28.3 Å². The first-order valence-electron chi connectivity index (χ1n) is 5.03. The lowest BCUT2D eigenvalue weighted by molar-refractivity contribution is -0.136. The Labute approximate surface area is 108 Å². The van der Waals surface area contributed by atoms with Crippen LogP contribution in [0.5, 0.6) is 0 Å². The summed E-state index contributed by atoms with van der Waals surface area (Å²) in [5.41, 5.74) is 1.45. The van der Waals surface area contributed by atoms with Gasteiger partial charge in [0.05, 0.1) is 5.52 Å². The van der Waals surface area contributed by atoms with Crippen LogP contribution in [0.25, 0.3) is 10.9 Å². The van der Waals surface area contributed by atoms with Crippen LogP contribution >= 0.6 is 23.2 Å². The number of carbonyl (C=O) groups is 1. The zero-order valence-electron chi connectivity index (χ0n) is 8.78. The highest BCUT2D eigenvalue weighted by Crippen LogP contribution is 2.24. The third-order valence-electron chi connectivity index (χ3n) is 2.41. The molecule has 5 heteroatoms. The van der Waals surface area contributed by atoms with Crippen LogP contribution in [0.2, 0.25) is 10.2 Å². The Morgan fingerprint density at radius 1 is 1.29 bits per heavy atom. The number of carboxylic acids is 1. The molecule has 0 radical (unpaired) electrons. The molecule has 0 spiro atoms. The van der Waals surface area contributed by atoms with E-state index in [9.17, 15) is 4.79 Å². The summed E-state index contributed by atoms with van der Waals surface area (Å²) in [5.74, 6) is -0.850. The maximum atomic E-state index is 10.5. The van der Waals surface area contributed by atoms with Crippen LogP contribution in [0, 0.1) is 0 Å². The Kier molecular flexibility index (Phi) is 3.50. The summed E-state index contributed by atoms with van der Waals surface area (Å²) in [4.78, 5) is 14.7. The van der Waals surface area contributed by atoms with Gasteiger partial charge in [-0.2, -0.15) is 0 Å². The Bertz CT molecular complexity index is 584. The Morgan fingerprint density at radius 2 is 2.06 bits per heavy atom. The van der Waals surface area contributed by atoms with Crippen LogP contribution in [0.3, 0.4) is 0 Å². The summed E-state index contributed by atoms with van der Waals surface area (Å²) in [7, 11) is 0. The minimum Gasteiger partial charge on any atom is -0.481 e. The number of nitrogens with zero attached hydrogens (tertiary/aromatic N) is 1. The predicted molar refractivity (Wildman–Crippen MR) is 67.7 cm³/mol. The van der Waals surface area contributed by atoms with Crippen LogP contribution in [0.15, 0.2) is 24.3 Å². The van der Waals surface area contributed by atoms with Gasteiger partial charge in [0.2, 0.25) is 0 Å². The van der Waals surface area contributed by atoms with Crippen molar-refractivity contribution in [3.05, 3.63) is 40.0 Å². The molecule has 0 bridgehead atoms. The number of rotatable bonds is 3. The molecule has 0 saturated heterocycles. The number of fused-ring (bicyclic) bond motifs is 1. The highest BCUT2D eigenvalue weighted by Gasteiger charge is 2.07. The van der Waals surface area contributed by atoms with E-state index in [1.165, 1.54) is 0 Å². The molecule has 1 N–H and O–H groups in total. The van der Waals surface area contributed by atoms with Gasteiger partial charge in [-0.25, -0.2) is 4.98 Å². The van der Waals surface area contributed by atoms with E-state index >= 15 is 0 Å². The largest absolute Gasteiger partial charge is 0.481 e. The minimum absolute atomic E-state index is 0.0422. The molecule has 0 unspecified atom stereocenters. The number of benzene rings is 1. The highest BCUT2D eigenvalue weighted by molar-refractivity contribution is 6.32. The van der Waals surface area contributed by atoms with Gasteiger partial charge in [0, 0.05) is 16.8 Å². The van der Waals surface area contributed by atoms with Gasteiger partial charge in [-0.1, -0.05) is 29.3 Å². The number of aliphatic carboxylic acids is 1. The summed E-state index contributed by atoms with van der Waals surface area (Å²) < 4.78 is 0. The van der Waals surface area contributed by atoms with E-state index in [0.717, 1.165) is 10.9 Å². The van der Waals surface area contributed by atoms with E-state index in [2.05, 4.69) is 4.98 Å². The van der Waals surface area contributed by atoms with Gasteiger partial charge >= 0.3 is 5.97 Å². The van der Waals surface area contributed by atoms with Crippen molar-refractivity contribution in [1.29, 1.82) is 0 Å². The first-order chi connectivity index (χ1) is 8.06. The second kappa shape index (κ2) is 4.90. The first-order valence-corrected chi connectivity index (χ1v) is 5.78. The number of hydrogen-bond acceptors (Lipinski definition) is 2. The van der Waals surface area contributed by atoms with Gasteiger partial charge in [-0.15, -0.1) is 0 Å². The van der Waals surface area contributed by atoms with Crippen molar-refractivity contribution in [2.24, 2.45) is 0 Å². The lowest BCUT2D eigenvalue weighted by Crippen LogP contribution is -1.99. The van der Waals surface area contributed by atoms with Crippen molar-refractivity contribution in [2.45, 2.75) is 12.8 Å². The van der Waals surface area contributed by atoms with Crippen molar-refractivity contribution in [1.82, 2.24) is 4.98 Å². The molecule has 0 saturated carbocycles. The highest BCUT2D eigenvalue weighted by atomic mass is 35.5. The SMILES string of the molecule is O=C(O)CCc1cc2ccc(Cl)cc2nc1Cl. The smallest absolute Gasteiger partial charge is 0.303 e. The average Bonchev–Trinajstić information content (AvgIpc) is 2.26. The van der Waals surface area contributed by atoms with Crippen molar-refractivity contribution >= 4 is 40.1 Å². The molecule has 3 nitrogen and oxygen atoms in total. The molecule has 17 heavy (non-hydrogen) atoms. The summed E-state index contributed by atoms with van der Waals surface area (Å²) in [6.45, 7) is 0. The van der Waals surface area contributed by atoms with Gasteiger partial charge in [0.25, 0.3) is 0 Å². The molecule has 0 amide bonds. The lowest BCUT2D eigenvalue weighted by atomic mass is 10.1. The molecule has 0 aliphatic rings. The van der Waals surface area contributed by atoms with Crippen LogP contribution < -0.4 is 0 Å². The summed E-state index contributed by atoms with van der Waals surface area (Å²) in [6.07, 6.45) is 0.417. The van der Waals surface area contributed by atoms with Gasteiger partial charge in [-0.05, 0) is 30.2 Å². The summed E-state index contributed by atoms with van der Waals surface area (Å²) in [6, 6.07) is 7.18. The van der Waals surface area contributed by atoms with Crippen molar-refractivity contribution in [3.8, 4) is 0 Å². The van der Waals surface area contributed by atoms with Gasteiger partial charge < -0.3 is 5.11 Å². The minimum atomic E-state index is -0.850. The fourth-order valence-corrected chi connectivity index (χ4v) is 1.98. The predicted octanol–water partition coefficient (Wildman–Crippen LogP) is 3.56.